The van der Waals surface area contributed by atoms with Crippen molar-refractivity contribution in [3.05, 3.63) is 66.0 Å². The average molecular weight is 212 g/mol. The largest absolute Gasteiger partial charge is 0.295 e. The minimum Gasteiger partial charge on any atom is -0.295 e. The van der Waals surface area contributed by atoms with Gasteiger partial charge in [-0.15, -0.1) is 0 Å². The van der Waals surface area contributed by atoms with E-state index in [-0.39, 0.29) is 5.78 Å². The molecule has 0 aliphatic rings. The summed E-state index contributed by atoms with van der Waals surface area (Å²) in [6.45, 7) is 2.39. The predicted molar refractivity (Wildman–Crippen MR) is 62.2 cm³/mol. The minimum absolute atomic E-state index is 0.111. The second kappa shape index (κ2) is 4.71. The smallest absolute Gasteiger partial charge is 0.173 e. The summed E-state index contributed by atoms with van der Waals surface area (Å²) < 4.78 is 2.08. The topological polar surface area (TPSA) is 20.9 Å². The highest BCUT2D eigenvalue weighted by Crippen LogP contribution is 2.05. The zero-order valence-corrected chi connectivity index (χ0v) is 9.26. The molecule has 0 spiro atoms. The molecule has 0 radical (unpaired) electrons. The molecule has 1 aromatic carbocycles. The molecule has 16 heavy (non-hydrogen) atoms. The van der Waals surface area contributed by atoms with Gasteiger partial charge in [-0.05, 0) is 13.0 Å². The third-order valence-electron chi connectivity index (χ3n) is 2.48. The van der Waals surface area contributed by atoms with Crippen LogP contribution in [0.3, 0.4) is 0 Å². The number of hydrogen-bond acceptors (Lipinski definition) is 1. The second-order valence-corrected chi connectivity index (χ2v) is 3.80. The van der Waals surface area contributed by atoms with Gasteiger partial charge in [0.2, 0.25) is 0 Å². The summed E-state index contributed by atoms with van der Waals surface area (Å²) in [6, 6.07) is 13.7. The van der Waals surface area contributed by atoms with Gasteiger partial charge in [-0.1, -0.05) is 24.3 Å². The first-order chi connectivity index (χ1) is 7.75. The molecule has 1 heterocycles. The Hall–Kier alpha value is -1.96. The molecule has 0 amide bonds. The molecule has 0 fully saturated rings. The maximum atomic E-state index is 11.2. The lowest BCUT2D eigenvalue weighted by molar-refractivity contribution is -0.688. The normalized spacial score (nSPS) is 10.1. The fourth-order valence-electron chi connectivity index (χ4n) is 1.64. The molecule has 2 nitrogen and oxygen atoms in total. The maximum Gasteiger partial charge on any atom is 0.173 e. The molecular weight excluding hydrogens is 198 g/mol. The molecule has 1 aromatic heterocycles. The van der Waals surface area contributed by atoms with E-state index in [1.807, 2.05) is 54.9 Å². The third-order valence-corrected chi connectivity index (χ3v) is 2.48. The summed E-state index contributed by atoms with van der Waals surface area (Å²) in [5.41, 5.74) is 1.91. The van der Waals surface area contributed by atoms with Crippen LogP contribution in [-0.4, -0.2) is 5.78 Å². The molecule has 80 valence electrons. The SMILES string of the molecule is CC(=O)c1cccc(C[n+]2ccccc2)c1. The highest BCUT2D eigenvalue weighted by molar-refractivity contribution is 5.94. The molecule has 0 N–H and O–H groups in total. The van der Waals surface area contributed by atoms with Crippen LogP contribution in [0, 0.1) is 0 Å². The minimum atomic E-state index is 0.111. The number of pyridine rings is 1. The van der Waals surface area contributed by atoms with Gasteiger partial charge in [-0.3, -0.25) is 4.79 Å². The monoisotopic (exact) mass is 212 g/mol. The van der Waals surface area contributed by atoms with Gasteiger partial charge >= 0.3 is 0 Å². The van der Waals surface area contributed by atoms with E-state index in [1.165, 1.54) is 0 Å². The lowest BCUT2D eigenvalue weighted by Gasteiger charge is -2.00. The van der Waals surface area contributed by atoms with Crippen molar-refractivity contribution in [2.24, 2.45) is 0 Å². The van der Waals surface area contributed by atoms with Crippen molar-refractivity contribution < 1.29 is 9.36 Å². The van der Waals surface area contributed by atoms with Crippen molar-refractivity contribution in [3.8, 4) is 0 Å². The molecule has 0 saturated carbocycles. The number of carbonyl (C=O) groups is 1. The van der Waals surface area contributed by atoms with E-state index in [2.05, 4.69) is 4.57 Å². The Bertz CT molecular complexity index is 491. The highest BCUT2D eigenvalue weighted by atomic mass is 16.1. The van der Waals surface area contributed by atoms with E-state index in [1.54, 1.807) is 6.92 Å². The van der Waals surface area contributed by atoms with E-state index in [0.717, 1.165) is 17.7 Å². The van der Waals surface area contributed by atoms with Crippen LogP contribution >= 0.6 is 0 Å². The van der Waals surface area contributed by atoms with Gasteiger partial charge in [0, 0.05) is 23.3 Å². The Labute approximate surface area is 95.2 Å². The van der Waals surface area contributed by atoms with Crippen molar-refractivity contribution >= 4 is 5.78 Å². The summed E-state index contributed by atoms with van der Waals surface area (Å²) in [4.78, 5) is 11.2. The van der Waals surface area contributed by atoms with E-state index in [0.29, 0.717) is 0 Å². The molecule has 2 rings (SSSR count). The first-order valence-electron chi connectivity index (χ1n) is 5.30. The van der Waals surface area contributed by atoms with Crippen LogP contribution in [0.5, 0.6) is 0 Å². The summed E-state index contributed by atoms with van der Waals surface area (Å²) in [5.74, 6) is 0.111. The lowest BCUT2D eigenvalue weighted by atomic mass is 10.1. The van der Waals surface area contributed by atoms with Gasteiger partial charge in [0.25, 0.3) is 0 Å². The van der Waals surface area contributed by atoms with Gasteiger partial charge < -0.3 is 0 Å². The van der Waals surface area contributed by atoms with Crippen molar-refractivity contribution in [1.82, 2.24) is 0 Å². The molecular formula is C14H14NO+. The number of aromatic nitrogens is 1. The highest BCUT2D eigenvalue weighted by Gasteiger charge is 2.04. The van der Waals surface area contributed by atoms with Crippen LogP contribution in [0.25, 0.3) is 0 Å². The van der Waals surface area contributed by atoms with Gasteiger partial charge in [0.1, 0.15) is 0 Å². The number of hydrogen-bond donors (Lipinski definition) is 0. The number of carbonyl (C=O) groups excluding carboxylic acids is 1. The van der Waals surface area contributed by atoms with Gasteiger partial charge in [-0.2, -0.15) is 0 Å². The number of nitrogens with zero attached hydrogens (tertiary/aromatic N) is 1. The molecule has 0 unspecified atom stereocenters. The van der Waals surface area contributed by atoms with Crippen molar-refractivity contribution in [2.75, 3.05) is 0 Å². The Kier molecular flexibility index (Phi) is 3.10. The summed E-state index contributed by atoms with van der Waals surface area (Å²) in [6.07, 6.45) is 4.03. The summed E-state index contributed by atoms with van der Waals surface area (Å²) in [5, 5.41) is 0. The summed E-state index contributed by atoms with van der Waals surface area (Å²) >= 11 is 0. The van der Waals surface area contributed by atoms with Gasteiger partial charge in [-0.25, -0.2) is 4.57 Å². The Balaban J connectivity index is 2.22. The fraction of sp³-hybridized carbons (Fsp3) is 0.143. The van der Waals surface area contributed by atoms with Crippen molar-refractivity contribution in [1.29, 1.82) is 0 Å². The molecule has 0 bridgehead atoms. The average Bonchev–Trinajstić information content (AvgIpc) is 2.30. The third kappa shape index (κ3) is 2.54. The van der Waals surface area contributed by atoms with Crippen LogP contribution in [0.15, 0.2) is 54.9 Å². The second-order valence-electron chi connectivity index (χ2n) is 3.80. The molecule has 2 heteroatoms. The molecule has 2 aromatic rings. The maximum absolute atomic E-state index is 11.2. The Morgan fingerprint density at radius 1 is 1.12 bits per heavy atom. The Morgan fingerprint density at radius 3 is 2.56 bits per heavy atom. The van der Waals surface area contributed by atoms with Gasteiger partial charge in [0.15, 0.2) is 24.7 Å². The zero-order valence-electron chi connectivity index (χ0n) is 9.26. The summed E-state index contributed by atoms with van der Waals surface area (Å²) in [7, 11) is 0. The quantitative estimate of drug-likeness (QED) is 0.564. The van der Waals surface area contributed by atoms with E-state index in [9.17, 15) is 4.79 Å². The number of ketones is 1. The number of rotatable bonds is 3. The molecule has 0 atom stereocenters. The molecule has 0 aliphatic heterocycles. The Morgan fingerprint density at radius 2 is 1.88 bits per heavy atom. The lowest BCUT2D eigenvalue weighted by Crippen LogP contribution is -2.32. The number of Topliss-reactive ketones (excluding diaryl/α,β-unsaturated/α-hetero) is 1. The standard InChI is InChI=1S/C14H14NO/c1-12(16)14-7-5-6-13(10-14)11-15-8-3-2-4-9-15/h2-10H,11H2,1H3/q+1. The predicted octanol–water partition coefficient (Wildman–Crippen LogP) is 2.23. The van der Waals surface area contributed by atoms with Crippen LogP contribution in [0.1, 0.15) is 22.8 Å². The first-order valence-corrected chi connectivity index (χ1v) is 5.30. The first kappa shape index (κ1) is 10.6. The van der Waals surface area contributed by atoms with Crippen LogP contribution in [-0.2, 0) is 6.54 Å². The zero-order chi connectivity index (χ0) is 11.4. The van der Waals surface area contributed by atoms with E-state index < -0.39 is 0 Å². The molecule has 0 aliphatic carbocycles. The van der Waals surface area contributed by atoms with Crippen molar-refractivity contribution in [3.63, 3.8) is 0 Å². The van der Waals surface area contributed by atoms with Crippen LogP contribution < -0.4 is 4.57 Å². The van der Waals surface area contributed by atoms with E-state index >= 15 is 0 Å². The van der Waals surface area contributed by atoms with E-state index in [4.69, 9.17) is 0 Å². The number of benzene rings is 1. The fourth-order valence-corrected chi connectivity index (χ4v) is 1.64. The van der Waals surface area contributed by atoms with Gasteiger partial charge in [0.05, 0.1) is 0 Å². The van der Waals surface area contributed by atoms with Crippen LogP contribution in [0.2, 0.25) is 0 Å². The van der Waals surface area contributed by atoms with Crippen LogP contribution in [0.4, 0.5) is 0 Å². The molecule has 0 saturated heterocycles. The van der Waals surface area contributed by atoms with Crippen molar-refractivity contribution in [2.45, 2.75) is 13.5 Å².